The zero-order valence-electron chi connectivity index (χ0n) is 10.4. The van der Waals surface area contributed by atoms with E-state index in [9.17, 15) is 17.1 Å². The largest absolute Gasteiger partial charge is 0.307 e. The summed E-state index contributed by atoms with van der Waals surface area (Å²) in [5, 5.41) is 3.05. The van der Waals surface area contributed by atoms with Crippen molar-refractivity contribution in [1.29, 1.82) is 0 Å². The van der Waals surface area contributed by atoms with Crippen LogP contribution in [0.25, 0.3) is 0 Å². The van der Waals surface area contributed by atoms with Gasteiger partial charge in [-0.1, -0.05) is 0 Å². The first-order valence-corrected chi connectivity index (χ1v) is 7.58. The van der Waals surface area contributed by atoms with E-state index in [1.807, 2.05) is 0 Å². The summed E-state index contributed by atoms with van der Waals surface area (Å²) in [4.78, 5) is 13.1. The molecular formula is C11H14FN3O3S. The van der Waals surface area contributed by atoms with Gasteiger partial charge in [0.15, 0.2) is 0 Å². The van der Waals surface area contributed by atoms with E-state index >= 15 is 0 Å². The van der Waals surface area contributed by atoms with Crippen molar-refractivity contribution in [2.24, 2.45) is 7.05 Å². The van der Waals surface area contributed by atoms with E-state index in [1.165, 1.54) is 4.90 Å². The van der Waals surface area contributed by atoms with Crippen molar-refractivity contribution >= 4 is 21.9 Å². The zero-order valence-corrected chi connectivity index (χ0v) is 11.2. The SMILES string of the molecule is Cn1nc(C2CC2)cc1N1CC(S(=O)(=O)F)CC1=O. The molecule has 104 valence electrons. The highest BCUT2D eigenvalue weighted by atomic mass is 32.3. The Morgan fingerprint density at radius 2 is 2.11 bits per heavy atom. The van der Waals surface area contributed by atoms with E-state index < -0.39 is 15.5 Å². The van der Waals surface area contributed by atoms with Crippen LogP contribution in [-0.4, -0.2) is 35.9 Å². The molecule has 6 nitrogen and oxygen atoms in total. The Hall–Kier alpha value is -1.44. The molecular weight excluding hydrogens is 273 g/mol. The average Bonchev–Trinajstić information content (AvgIpc) is 2.97. The van der Waals surface area contributed by atoms with Gasteiger partial charge in [0.25, 0.3) is 0 Å². The molecule has 0 N–H and O–H groups in total. The molecule has 0 radical (unpaired) electrons. The normalized spacial score (nSPS) is 24.2. The summed E-state index contributed by atoms with van der Waals surface area (Å²) in [5.74, 6) is 0.605. The number of carbonyl (C=O) groups is 1. The fourth-order valence-electron chi connectivity index (χ4n) is 2.40. The molecule has 8 heteroatoms. The number of aryl methyl sites for hydroxylation is 1. The van der Waals surface area contributed by atoms with Crippen LogP contribution in [0.4, 0.5) is 9.70 Å². The minimum absolute atomic E-state index is 0.138. The second-order valence-electron chi connectivity index (χ2n) is 5.13. The molecule has 2 fully saturated rings. The lowest BCUT2D eigenvalue weighted by Crippen LogP contribution is -2.28. The first kappa shape index (κ1) is 12.6. The minimum Gasteiger partial charge on any atom is -0.296 e. The molecule has 1 aromatic rings. The first-order valence-electron chi connectivity index (χ1n) is 6.14. The molecule has 0 bridgehead atoms. The monoisotopic (exact) mass is 287 g/mol. The molecule has 19 heavy (non-hydrogen) atoms. The lowest BCUT2D eigenvalue weighted by molar-refractivity contribution is -0.117. The van der Waals surface area contributed by atoms with Gasteiger partial charge < -0.3 is 0 Å². The van der Waals surface area contributed by atoms with Gasteiger partial charge in [0.2, 0.25) is 5.91 Å². The number of carbonyl (C=O) groups excluding carboxylic acids is 1. The second kappa shape index (κ2) is 4.03. The van der Waals surface area contributed by atoms with Crippen LogP contribution in [0.3, 0.4) is 0 Å². The Labute approximate surface area is 110 Å². The molecule has 2 heterocycles. The summed E-state index contributed by atoms with van der Waals surface area (Å²) in [6.45, 7) is -0.138. The number of nitrogens with zero attached hydrogens (tertiary/aromatic N) is 3. The van der Waals surface area contributed by atoms with Crippen molar-refractivity contribution in [1.82, 2.24) is 9.78 Å². The van der Waals surface area contributed by atoms with Crippen LogP contribution in [0.2, 0.25) is 0 Å². The van der Waals surface area contributed by atoms with Crippen molar-refractivity contribution in [2.45, 2.75) is 30.4 Å². The lowest BCUT2D eigenvalue weighted by Gasteiger charge is -2.15. The standard InChI is InChI=1S/C11H14FN3O3S/c1-14-10(5-9(13-14)7-2-3-7)15-6-8(4-11(15)16)19(12,17)18/h5,7-8H,2-4,6H2,1H3. The Kier molecular flexibility index (Phi) is 2.67. The summed E-state index contributed by atoms with van der Waals surface area (Å²) in [6.07, 6.45) is 1.88. The fraction of sp³-hybridized carbons (Fsp3) is 0.636. The van der Waals surface area contributed by atoms with Gasteiger partial charge in [0.1, 0.15) is 11.1 Å². The molecule has 0 aromatic carbocycles. The molecule has 1 unspecified atom stereocenters. The third kappa shape index (κ3) is 2.24. The summed E-state index contributed by atoms with van der Waals surface area (Å²) >= 11 is 0. The molecule has 1 saturated heterocycles. The molecule has 1 saturated carbocycles. The van der Waals surface area contributed by atoms with Gasteiger partial charge in [-0.2, -0.15) is 13.5 Å². The summed E-state index contributed by atoms with van der Waals surface area (Å²) in [5.41, 5.74) is 0.914. The maximum atomic E-state index is 13.0. The van der Waals surface area contributed by atoms with E-state index in [4.69, 9.17) is 0 Å². The molecule has 0 spiro atoms. The molecule has 1 atom stereocenters. The van der Waals surface area contributed by atoms with Gasteiger partial charge in [0, 0.05) is 32.0 Å². The number of halogens is 1. The van der Waals surface area contributed by atoms with Gasteiger partial charge >= 0.3 is 10.2 Å². The summed E-state index contributed by atoms with van der Waals surface area (Å²) < 4.78 is 36.3. The van der Waals surface area contributed by atoms with Gasteiger partial charge in [-0.15, -0.1) is 3.89 Å². The summed E-state index contributed by atoms with van der Waals surface area (Å²) in [6, 6.07) is 1.79. The number of hydrogen-bond acceptors (Lipinski definition) is 4. The van der Waals surface area contributed by atoms with Crippen LogP contribution in [0.15, 0.2) is 6.07 Å². The van der Waals surface area contributed by atoms with E-state index in [0.29, 0.717) is 11.7 Å². The van der Waals surface area contributed by atoms with Crippen molar-refractivity contribution < 1.29 is 17.1 Å². The smallest absolute Gasteiger partial charge is 0.296 e. The van der Waals surface area contributed by atoms with Crippen LogP contribution < -0.4 is 4.90 Å². The second-order valence-corrected chi connectivity index (χ2v) is 6.75. The highest BCUT2D eigenvalue weighted by Crippen LogP contribution is 2.40. The predicted molar refractivity (Wildman–Crippen MR) is 66.0 cm³/mol. The third-order valence-corrected chi connectivity index (χ3v) is 4.75. The fourth-order valence-corrected chi connectivity index (χ4v) is 3.06. The van der Waals surface area contributed by atoms with Crippen LogP contribution >= 0.6 is 0 Å². The first-order chi connectivity index (χ1) is 8.86. The average molecular weight is 287 g/mol. The van der Waals surface area contributed by atoms with Crippen molar-refractivity contribution in [3.05, 3.63) is 11.8 Å². The van der Waals surface area contributed by atoms with Gasteiger partial charge in [-0.25, -0.2) is 0 Å². The third-order valence-electron chi connectivity index (χ3n) is 3.63. The Balaban J connectivity index is 1.88. The predicted octanol–water partition coefficient (Wildman–Crippen LogP) is 0.702. The Bertz CT molecular complexity index is 636. The van der Waals surface area contributed by atoms with Crippen molar-refractivity contribution in [3.63, 3.8) is 0 Å². The molecule has 1 aliphatic carbocycles. The van der Waals surface area contributed by atoms with Crippen LogP contribution in [0, 0.1) is 0 Å². The van der Waals surface area contributed by atoms with Crippen LogP contribution in [0.1, 0.15) is 30.9 Å². The number of amides is 1. The highest BCUT2D eigenvalue weighted by Gasteiger charge is 2.40. The van der Waals surface area contributed by atoms with Gasteiger partial charge in [0.05, 0.1) is 5.69 Å². The van der Waals surface area contributed by atoms with Crippen molar-refractivity contribution in [2.75, 3.05) is 11.4 Å². The number of anilines is 1. The highest BCUT2D eigenvalue weighted by molar-refractivity contribution is 7.87. The molecule has 2 aliphatic rings. The molecule has 1 aliphatic heterocycles. The van der Waals surface area contributed by atoms with Crippen LogP contribution in [-0.2, 0) is 22.1 Å². The Morgan fingerprint density at radius 1 is 1.42 bits per heavy atom. The Morgan fingerprint density at radius 3 is 2.63 bits per heavy atom. The number of hydrogen-bond donors (Lipinski definition) is 0. The van der Waals surface area contributed by atoms with Crippen molar-refractivity contribution in [3.8, 4) is 0 Å². The maximum absolute atomic E-state index is 13.0. The zero-order chi connectivity index (χ0) is 13.8. The number of rotatable bonds is 3. The van der Waals surface area contributed by atoms with Gasteiger partial charge in [-0.05, 0) is 12.8 Å². The van der Waals surface area contributed by atoms with Crippen LogP contribution in [0.5, 0.6) is 0 Å². The minimum atomic E-state index is -4.68. The van der Waals surface area contributed by atoms with Gasteiger partial charge in [-0.3, -0.25) is 14.4 Å². The molecule has 1 aromatic heterocycles. The van der Waals surface area contributed by atoms with E-state index in [1.54, 1.807) is 17.8 Å². The molecule has 3 rings (SSSR count). The van der Waals surface area contributed by atoms with E-state index in [-0.39, 0.29) is 18.9 Å². The molecule has 1 amide bonds. The topological polar surface area (TPSA) is 72.3 Å². The summed E-state index contributed by atoms with van der Waals surface area (Å²) in [7, 11) is -2.98. The quantitative estimate of drug-likeness (QED) is 0.767. The number of aromatic nitrogens is 2. The maximum Gasteiger partial charge on any atom is 0.307 e. The van der Waals surface area contributed by atoms with E-state index in [2.05, 4.69) is 5.10 Å². The lowest BCUT2D eigenvalue weighted by atomic mass is 10.3. The van der Waals surface area contributed by atoms with E-state index in [0.717, 1.165) is 18.5 Å².